The zero-order chi connectivity index (χ0) is 49.1. The van der Waals surface area contributed by atoms with Gasteiger partial charge in [0, 0.05) is 43.6 Å². The molecular weight excluding hydrogens is 952 g/mol. The first kappa shape index (κ1) is 57.1. The Morgan fingerprint density at radius 3 is 1.13 bits per heavy atom. The molecule has 372 valence electrons. The zero-order valence-electron chi connectivity index (χ0n) is 39.2. The molecule has 10 atom stereocenters. The van der Waals surface area contributed by atoms with Crippen LogP contribution in [-0.4, -0.2) is 40.2 Å². The van der Waals surface area contributed by atoms with Gasteiger partial charge in [0.05, 0.1) is 12.2 Å². The first-order valence-electron chi connectivity index (χ1n) is 22.9. The summed E-state index contributed by atoms with van der Waals surface area (Å²) in [6, 6.07) is 37.1. The van der Waals surface area contributed by atoms with Crippen molar-refractivity contribution in [2.24, 2.45) is 16.5 Å². The van der Waals surface area contributed by atoms with Gasteiger partial charge in [0.2, 0.25) is 0 Å². The van der Waals surface area contributed by atoms with Crippen LogP contribution < -0.4 is 16.5 Å². The average molecular weight is 1020 g/mol. The molecule has 0 saturated carbocycles. The Hall–Kier alpha value is -2.49. The highest BCUT2D eigenvalue weighted by Gasteiger charge is 2.35. The molecule has 67 heavy (non-hydrogen) atoms. The van der Waals surface area contributed by atoms with E-state index in [1.165, 1.54) is 0 Å². The molecule has 0 aliphatic heterocycles. The van der Waals surface area contributed by atoms with E-state index in [0.717, 1.165) is 22.3 Å². The van der Waals surface area contributed by atoms with Crippen molar-refractivity contribution in [3.05, 3.63) is 144 Å². The summed E-state index contributed by atoms with van der Waals surface area (Å²) in [4.78, 5) is 19.6. The maximum Gasteiger partial charge on any atom is 0.404 e. The lowest BCUT2D eigenvalue weighted by molar-refractivity contribution is 0.0595. The van der Waals surface area contributed by atoms with Gasteiger partial charge in [-0.05, 0) is 113 Å². The fourth-order valence-electron chi connectivity index (χ4n) is 8.18. The predicted octanol–water partition coefficient (Wildman–Crippen LogP) is 11.5. The summed E-state index contributed by atoms with van der Waals surface area (Å²) in [6.45, 7) is 7.36. The van der Waals surface area contributed by atoms with Crippen LogP contribution in [0.5, 0.6) is 0 Å². The van der Waals surface area contributed by atoms with Crippen molar-refractivity contribution in [1.82, 2.24) is 0 Å². The predicted molar refractivity (Wildman–Crippen MR) is 270 cm³/mol. The van der Waals surface area contributed by atoms with Crippen LogP contribution in [0.2, 0.25) is 0 Å². The number of hydrogen-bond acceptors (Lipinski definition) is 9. The molecule has 4 aromatic carbocycles. The summed E-state index contributed by atoms with van der Waals surface area (Å²) >= 11 is 0. The lowest BCUT2D eigenvalue weighted by Crippen LogP contribution is -2.26. The van der Waals surface area contributed by atoms with E-state index in [9.17, 15) is 31.9 Å². The van der Waals surface area contributed by atoms with Gasteiger partial charge >= 0.3 is 23.2 Å². The normalized spacial score (nSPS) is 19.2. The SMILES string of the molecule is CC(CCCC(OP(N)(=O)OC(CCCC(C)S(=O)CCCCC(C)(OP(N)(=O)O)c1ccccc1)c1ccccc1)c1ccccc1)S(=O)CCCCC(C)(OP(N)(=O)O)c1ccccc1. The minimum absolute atomic E-state index is 0.134. The monoisotopic (exact) mass is 1020 g/mol. The maximum atomic E-state index is 14.1. The van der Waals surface area contributed by atoms with Crippen molar-refractivity contribution in [1.29, 1.82) is 0 Å². The quantitative estimate of drug-likeness (QED) is 0.0226. The molecule has 0 spiro atoms. The lowest BCUT2D eigenvalue weighted by Gasteiger charge is -2.31. The van der Waals surface area contributed by atoms with Crippen molar-refractivity contribution >= 4 is 44.8 Å². The minimum Gasteiger partial charge on any atom is -0.313 e. The van der Waals surface area contributed by atoms with Gasteiger partial charge in [-0.15, -0.1) is 0 Å². The molecule has 0 fully saturated rings. The summed E-state index contributed by atoms with van der Waals surface area (Å²) in [6.07, 6.45) is 5.34. The molecule has 0 saturated heterocycles. The Labute approximate surface area is 403 Å². The molecule has 0 aliphatic rings. The molecule has 0 amide bonds. The Bertz CT molecular complexity index is 2110. The van der Waals surface area contributed by atoms with Gasteiger partial charge in [0.1, 0.15) is 11.2 Å². The largest absolute Gasteiger partial charge is 0.404 e. The van der Waals surface area contributed by atoms with Gasteiger partial charge in [-0.1, -0.05) is 135 Å². The molecular formula is C48H72N3O11P3S2. The van der Waals surface area contributed by atoms with E-state index < -0.39 is 68.2 Å². The Kier molecular flexibility index (Phi) is 23.2. The van der Waals surface area contributed by atoms with E-state index in [1.807, 2.05) is 135 Å². The van der Waals surface area contributed by atoms with Crippen LogP contribution in [0.25, 0.3) is 0 Å². The van der Waals surface area contributed by atoms with Crippen molar-refractivity contribution < 1.29 is 50.0 Å². The van der Waals surface area contributed by atoms with Crippen molar-refractivity contribution in [2.75, 3.05) is 11.5 Å². The molecule has 4 rings (SSSR count). The molecule has 0 aromatic heterocycles. The van der Waals surface area contributed by atoms with Crippen LogP contribution in [0, 0.1) is 0 Å². The molecule has 4 aromatic rings. The van der Waals surface area contributed by atoms with Gasteiger partial charge in [0.15, 0.2) is 0 Å². The Balaban J connectivity index is 1.28. The second-order valence-corrected chi connectivity index (χ2v) is 25.7. The average Bonchev–Trinajstić information content (AvgIpc) is 3.28. The smallest absolute Gasteiger partial charge is 0.313 e. The third kappa shape index (κ3) is 20.8. The molecule has 0 aliphatic carbocycles. The number of benzene rings is 4. The number of unbranched alkanes of at least 4 members (excludes halogenated alkanes) is 2. The van der Waals surface area contributed by atoms with Gasteiger partial charge in [0.25, 0.3) is 0 Å². The summed E-state index contributed by atoms with van der Waals surface area (Å²) in [5.74, 6) is 0.896. The molecule has 0 bridgehead atoms. The third-order valence-electron chi connectivity index (χ3n) is 11.9. The van der Waals surface area contributed by atoms with Crippen molar-refractivity contribution in [2.45, 2.75) is 139 Å². The van der Waals surface area contributed by atoms with E-state index in [2.05, 4.69) is 0 Å². The van der Waals surface area contributed by atoms with E-state index in [0.29, 0.717) is 88.6 Å². The Morgan fingerprint density at radius 1 is 0.507 bits per heavy atom. The van der Waals surface area contributed by atoms with Gasteiger partial charge in [-0.2, -0.15) is 0 Å². The summed E-state index contributed by atoms with van der Waals surface area (Å²) in [7, 11) is -15.0. The summed E-state index contributed by atoms with van der Waals surface area (Å²) < 4.78 is 88.2. The summed E-state index contributed by atoms with van der Waals surface area (Å²) in [5, 5.41) is -0.268. The van der Waals surface area contributed by atoms with Crippen molar-refractivity contribution in [3.63, 3.8) is 0 Å². The van der Waals surface area contributed by atoms with Crippen LogP contribution in [0.4, 0.5) is 0 Å². The molecule has 0 radical (unpaired) electrons. The van der Waals surface area contributed by atoms with Crippen LogP contribution in [0.15, 0.2) is 121 Å². The van der Waals surface area contributed by atoms with Crippen LogP contribution in [0.3, 0.4) is 0 Å². The van der Waals surface area contributed by atoms with E-state index in [-0.39, 0.29) is 10.5 Å². The highest BCUT2D eigenvalue weighted by Crippen LogP contribution is 2.51. The highest BCUT2D eigenvalue weighted by molar-refractivity contribution is 7.85. The fraction of sp³-hybridized carbons (Fsp3) is 0.500. The maximum absolute atomic E-state index is 14.1. The van der Waals surface area contributed by atoms with E-state index >= 15 is 0 Å². The first-order chi connectivity index (χ1) is 31.6. The Morgan fingerprint density at radius 2 is 0.821 bits per heavy atom. The topological polar surface area (TPSA) is 241 Å². The second kappa shape index (κ2) is 27.2. The van der Waals surface area contributed by atoms with E-state index in [4.69, 9.17) is 34.6 Å². The zero-order valence-corrected chi connectivity index (χ0v) is 43.5. The molecule has 10 unspecified atom stereocenters. The fourth-order valence-corrected chi connectivity index (χ4v) is 13.6. The van der Waals surface area contributed by atoms with Crippen LogP contribution in [0.1, 0.15) is 139 Å². The molecule has 8 N–H and O–H groups in total. The van der Waals surface area contributed by atoms with Gasteiger partial charge < -0.3 is 9.79 Å². The van der Waals surface area contributed by atoms with Crippen LogP contribution >= 0.6 is 23.2 Å². The highest BCUT2D eigenvalue weighted by atomic mass is 32.2. The second-order valence-electron chi connectivity index (χ2n) is 17.6. The van der Waals surface area contributed by atoms with E-state index in [1.54, 1.807) is 13.8 Å². The summed E-state index contributed by atoms with van der Waals surface area (Å²) in [5.41, 5.74) is 18.1. The number of rotatable bonds is 32. The molecule has 19 heteroatoms. The molecule has 0 heterocycles. The standard InChI is InChI=1S/C48H72N3O11P3S2/c1-39(66(57)37-19-17-35-47(3,61-63(49,52)53)43-29-13-7-14-30-43)23-21-33-45(41-25-9-5-10-26-41)59-65(51,56)60-46(42-27-11-6-12-28-42)34-22-24-40(2)67(58)38-20-18-36-48(4,62-64(50,54)55)44-31-15-8-16-32-44/h5-16,25-32,39-40,45-46H,17-24,33-38H2,1-4H3,(H2,51,56)(H3,49,52,53)(H3,50,54,55). The third-order valence-corrected chi connectivity index (χ3v) is 17.9. The lowest BCUT2D eigenvalue weighted by atomic mass is 9.91. The van der Waals surface area contributed by atoms with Gasteiger partial charge in [-0.3, -0.25) is 26.5 Å². The van der Waals surface area contributed by atoms with Crippen molar-refractivity contribution in [3.8, 4) is 0 Å². The number of nitrogens with two attached hydrogens (primary N) is 3. The van der Waals surface area contributed by atoms with Crippen LogP contribution in [-0.2, 0) is 64.6 Å². The van der Waals surface area contributed by atoms with Gasteiger partial charge in [-0.25, -0.2) is 30.2 Å². The first-order valence-corrected chi connectivity index (χ1v) is 30.6. The molecule has 14 nitrogen and oxygen atoms in total. The minimum atomic E-state index is -4.27. The number of hydrogen-bond donors (Lipinski definition) is 5.